The summed E-state index contributed by atoms with van der Waals surface area (Å²) in [5.41, 5.74) is 1.46. The molecule has 6 heteroatoms. The van der Waals surface area contributed by atoms with E-state index in [2.05, 4.69) is 25.3 Å². The van der Waals surface area contributed by atoms with Crippen LogP contribution in [0.4, 0.5) is 5.82 Å². The van der Waals surface area contributed by atoms with E-state index in [1.54, 1.807) is 12.6 Å². The van der Waals surface area contributed by atoms with Gasteiger partial charge < -0.3 is 14.7 Å². The maximum atomic E-state index is 5.19. The highest BCUT2D eigenvalue weighted by Gasteiger charge is 2.03. The number of anilines is 1. The van der Waals surface area contributed by atoms with Crippen molar-refractivity contribution >= 4 is 23.1 Å². The van der Waals surface area contributed by atoms with Crippen LogP contribution in [0.5, 0.6) is 0 Å². The van der Waals surface area contributed by atoms with Gasteiger partial charge in [0, 0.05) is 6.54 Å². The van der Waals surface area contributed by atoms with Gasteiger partial charge in [0.2, 0.25) is 0 Å². The molecule has 0 aliphatic carbocycles. The lowest BCUT2D eigenvalue weighted by molar-refractivity contribution is 0.557. The Hall–Kier alpha value is -2.63. The van der Waals surface area contributed by atoms with E-state index in [0.717, 1.165) is 16.9 Å². The van der Waals surface area contributed by atoms with Crippen LogP contribution in [0.3, 0.4) is 0 Å². The summed E-state index contributed by atoms with van der Waals surface area (Å²) in [4.78, 5) is 15.3. The van der Waals surface area contributed by atoms with Crippen molar-refractivity contribution in [2.75, 3.05) is 11.9 Å². The summed E-state index contributed by atoms with van der Waals surface area (Å²) in [6.07, 6.45) is 8.60. The topological polar surface area (TPSA) is 79.6 Å². The molecule has 3 rings (SSSR count). The fourth-order valence-electron chi connectivity index (χ4n) is 1.61. The minimum Gasteiger partial charge on any atom is -0.465 e. The van der Waals surface area contributed by atoms with Crippen LogP contribution in [-0.4, -0.2) is 26.5 Å². The van der Waals surface area contributed by atoms with E-state index in [0.29, 0.717) is 12.4 Å². The highest BCUT2D eigenvalue weighted by Crippen LogP contribution is 2.13. The molecule has 0 radical (unpaired) electrons. The first kappa shape index (κ1) is 10.5. The zero-order chi connectivity index (χ0) is 12.2. The number of rotatable bonds is 4. The first-order chi connectivity index (χ1) is 8.93. The summed E-state index contributed by atoms with van der Waals surface area (Å²) in [6, 6.07) is 3.75. The number of nitrogens with one attached hydrogen (secondary N) is 2. The maximum absolute atomic E-state index is 5.19. The summed E-state index contributed by atoms with van der Waals surface area (Å²) >= 11 is 0. The van der Waals surface area contributed by atoms with E-state index in [-0.39, 0.29) is 0 Å². The Balaban J connectivity index is 1.68. The average molecular weight is 241 g/mol. The van der Waals surface area contributed by atoms with Crippen molar-refractivity contribution in [3.05, 3.63) is 42.9 Å². The third-order valence-corrected chi connectivity index (χ3v) is 2.43. The van der Waals surface area contributed by atoms with Gasteiger partial charge in [-0.1, -0.05) is 6.08 Å². The normalized spacial score (nSPS) is 11.3. The zero-order valence-corrected chi connectivity index (χ0v) is 9.50. The highest BCUT2D eigenvalue weighted by molar-refractivity contribution is 5.81. The molecule has 0 unspecified atom stereocenters. The predicted molar refractivity (Wildman–Crippen MR) is 67.9 cm³/mol. The van der Waals surface area contributed by atoms with Gasteiger partial charge in [-0.3, -0.25) is 0 Å². The SMILES string of the molecule is C(=C\c1ccco1)/CNc1ncnc2[nH]cnc12. The van der Waals surface area contributed by atoms with Gasteiger partial charge in [0.05, 0.1) is 12.6 Å². The number of furan rings is 1. The molecule has 0 aliphatic rings. The summed E-state index contributed by atoms with van der Waals surface area (Å²) in [5, 5.41) is 3.17. The van der Waals surface area contributed by atoms with Gasteiger partial charge in [0.25, 0.3) is 0 Å². The Morgan fingerprint density at radius 3 is 3.22 bits per heavy atom. The molecule has 0 saturated heterocycles. The van der Waals surface area contributed by atoms with Gasteiger partial charge in [-0.15, -0.1) is 0 Å². The summed E-state index contributed by atoms with van der Waals surface area (Å²) in [5.74, 6) is 1.54. The van der Waals surface area contributed by atoms with E-state index in [1.807, 2.05) is 24.3 Å². The Morgan fingerprint density at radius 2 is 2.33 bits per heavy atom. The minimum absolute atomic E-state index is 0.639. The Bertz CT molecular complexity index is 656. The summed E-state index contributed by atoms with van der Waals surface area (Å²) in [7, 11) is 0. The first-order valence-electron chi connectivity index (χ1n) is 5.51. The van der Waals surface area contributed by atoms with Gasteiger partial charge >= 0.3 is 0 Å². The van der Waals surface area contributed by atoms with Crippen molar-refractivity contribution in [2.24, 2.45) is 0 Å². The predicted octanol–water partition coefficient (Wildman–Crippen LogP) is 2.07. The lowest BCUT2D eigenvalue weighted by Crippen LogP contribution is -2.01. The second-order valence-corrected chi connectivity index (χ2v) is 3.62. The van der Waals surface area contributed by atoms with Gasteiger partial charge in [-0.2, -0.15) is 0 Å². The smallest absolute Gasteiger partial charge is 0.162 e. The van der Waals surface area contributed by atoms with Crippen molar-refractivity contribution in [3.63, 3.8) is 0 Å². The Kier molecular flexibility index (Phi) is 2.75. The molecule has 0 amide bonds. The zero-order valence-electron chi connectivity index (χ0n) is 9.50. The molecule has 90 valence electrons. The molecule has 6 nitrogen and oxygen atoms in total. The van der Waals surface area contributed by atoms with Crippen molar-refractivity contribution in [1.82, 2.24) is 19.9 Å². The molecule has 3 aromatic heterocycles. The minimum atomic E-state index is 0.639. The number of hydrogen-bond donors (Lipinski definition) is 2. The lowest BCUT2D eigenvalue weighted by Gasteiger charge is -2.01. The van der Waals surface area contributed by atoms with Crippen molar-refractivity contribution in [3.8, 4) is 0 Å². The number of aromatic amines is 1. The molecule has 0 fully saturated rings. The van der Waals surface area contributed by atoms with Crippen LogP contribution in [0.2, 0.25) is 0 Å². The molecule has 0 aliphatic heterocycles. The molecular weight excluding hydrogens is 230 g/mol. The summed E-state index contributed by atoms with van der Waals surface area (Å²) in [6.45, 7) is 0.639. The number of nitrogens with zero attached hydrogens (tertiary/aromatic N) is 3. The lowest BCUT2D eigenvalue weighted by atomic mass is 10.4. The van der Waals surface area contributed by atoms with E-state index < -0.39 is 0 Å². The Morgan fingerprint density at radius 1 is 1.33 bits per heavy atom. The van der Waals surface area contributed by atoms with E-state index in [9.17, 15) is 0 Å². The van der Waals surface area contributed by atoms with Gasteiger partial charge in [0.15, 0.2) is 11.5 Å². The second-order valence-electron chi connectivity index (χ2n) is 3.62. The Labute approximate surface area is 103 Å². The van der Waals surface area contributed by atoms with Crippen LogP contribution in [0, 0.1) is 0 Å². The standard InChI is InChI=1S/C12H11N5O/c1(3-9-4-2-6-18-9)5-13-11-10-12(15-7-14-10)17-8-16-11/h1-4,6-8H,5H2,(H2,13,14,15,16,17)/b3-1+. The van der Waals surface area contributed by atoms with Crippen LogP contribution >= 0.6 is 0 Å². The molecule has 3 aromatic rings. The van der Waals surface area contributed by atoms with Crippen LogP contribution in [0.1, 0.15) is 5.76 Å². The quantitative estimate of drug-likeness (QED) is 0.731. The van der Waals surface area contributed by atoms with Gasteiger partial charge in [0.1, 0.15) is 17.6 Å². The number of hydrogen-bond acceptors (Lipinski definition) is 5. The monoisotopic (exact) mass is 241 g/mol. The third kappa shape index (κ3) is 2.08. The van der Waals surface area contributed by atoms with Crippen molar-refractivity contribution in [2.45, 2.75) is 0 Å². The fourth-order valence-corrected chi connectivity index (χ4v) is 1.61. The molecular formula is C12H11N5O. The third-order valence-electron chi connectivity index (χ3n) is 2.43. The highest BCUT2D eigenvalue weighted by atomic mass is 16.3. The first-order valence-corrected chi connectivity index (χ1v) is 5.51. The van der Waals surface area contributed by atoms with Crippen LogP contribution in [0.25, 0.3) is 17.2 Å². The summed E-state index contributed by atoms with van der Waals surface area (Å²) < 4.78 is 5.19. The molecule has 0 bridgehead atoms. The van der Waals surface area contributed by atoms with Gasteiger partial charge in [-0.25, -0.2) is 15.0 Å². The van der Waals surface area contributed by atoms with Crippen LogP contribution in [0.15, 0.2) is 41.5 Å². The average Bonchev–Trinajstić information content (AvgIpc) is 3.05. The molecule has 3 heterocycles. The van der Waals surface area contributed by atoms with Crippen molar-refractivity contribution < 1.29 is 4.42 Å². The van der Waals surface area contributed by atoms with Crippen LogP contribution < -0.4 is 5.32 Å². The van der Waals surface area contributed by atoms with E-state index in [4.69, 9.17) is 4.42 Å². The number of imidazole rings is 1. The molecule has 0 saturated carbocycles. The van der Waals surface area contributed by atoms with E-state index >= 15 is 0 Å². The fraction of sp³-hybridized carbons (Fsp3) is 0.0833. The number of aromatic nitrogens is 4. The van der Waals surface area contributed by atoms with Gasteiger partial charge in [-0.05, 0) is 18.2 Å². The van der Waals surface area contributed by atoms with E-state index in [1.165, 1.54) is 6.33 Å². The molecule has 2 N–H and O–H groups in total. The second kappa shape index (κ2) is 4.70. The van der Waals surface area contributed by atoms with Crippen LogP contribution in [-0.2, 0) is 0 Å². The van der Waals surface area contributed by atoms with Crippen molar-refractivity contribution in [1.29, 1.82) is 0 Å². The largest absolute Gasteiger partial charge is 0.465 e. The number of H-pyrrole nitrogens is 1. The molecule has 0 atom stereocenters. The molecule has 0 spiro atoms. The number of fused-ring (bicyclic) bond motifs is 1. The maximum Gasteiger partial charge on any atom is 0.162 e. The molecule has 0 aromatic carbocycles. The molecule has 18 heavy (non-hydrogen) atoms.